The zero-order valence-electron chi connectivity index (χ0n) is 15.1. The van der Waals surface area contributed by atoms with Crippen molar-refractivity contribution in [2.45, 2.75) is 63.3 Å². The average molecular weight is 465 g/mol. The fourth-order valence-electron chi connectivity index (χ4n) is 3.13. The number of imidazole rings is 1. The van der Waals surface area contributed by atoms with Crippen LogP contribution in [0.4, 0.5) is 0 Å². The lowest BCUT2D eigenvalue weighted by molar-refractivity contribution is 0.419. The van der Waals surface area contributed by atoms with E-state index in [9.17, 15) is 0 Å². The van der Waals surface area contributed by atoms with Gasteiger partial charge in [0.15, 0.2) is 5.96 Å². The molecule has 7 heteroatoms. The number of nitrogens with one attached hydrogen (secondary N) is 2. The van der Waals surface area contributed by atoms with Gasteiger partial charge in [-0.05, 0) is 45.3 Å². The van der Waals surface area contributed by atoms with E-state index in [4.69, 9.17) is 0 Å². The Morgan fingerprint density at radius 2 is 2.25 bits per heavy atom. The van der Waals surface area contributed by atoms with Gasteiger partial charge in [0.25, 0.3) is 0 Å². The molecule has 0 spiro atoms. The fourth-order valence-corrected chi connectivity index (χ4v) is 3.96. The summed E-state index contributed by atoms with van der Waals surface area (Å²) in [4.78, 5) is 8.62. The molecule has 0 radical (unpaired) electrons. The van der Waals surface area contributed by atoms with E-state index in [0.717, 1.165) is 43.0 Å². The molecule has 1 aromatic rings. The van der Waals surface area contributed by atoms with Crippen LogP contribution < -0.4 is 10.6 Å². The maximum atomic E-state index is 4.37. The van der Waals surface area contributed by atoms with E-state index in [0.29, 0.717) is 6.04 Å². The van der Waals surface area contributed by atoms with Crippen LogP contribution in [0, 0.1) is 6.92 Å². The van der Waals surface area contributed by atoms with E-state index < -0.39 is 0 Å². The molecule has 2 atom stereocenters. The average Bonchev–Trinajstić information content (AvgIpc) is 2.98. The first-order valence-electron chi connectivity index (χ1n) is 8.70. The van der Waals surface area contributed by atoms with Crippen LogP contribution in [0.2, 0.25) is 0 Å². The summed E-state index contributed by atoms with van der Waals surface area (Å²) in [6.07, 6.45) is 13.6. The summed E-state index contributed by atoms with van der Waals surface area (Å²) in [5.74, 6) is 2.05. The van der Waals surface area contributed by atoms with Gasteiger partial charge in [-0.2, -0.15) is 11.8 Å². The van der Waals surface area contributed by atoms with Crippen molar-refractivity contribution in [2.24, 2.45) is 4.99 Å². The number of thioether (sulfide) groups is 1. The van der Waals surface area contributed by atoms with Crippen LogP contribution in [0.25, 0.3) is 0 Å². The third-order valence-electron chi connectivity index (χ3n) is 4.57. The lowest BCUT2D eigenvalue weighted by Crippen LogP contribution is -2.45. The van der Waals surface area contributed by atoms with E-state index in [1.54, 1.807) is 0 Å². The van der Waals surface area contributed by atoms with Crippen LogP contribution >= 0.6 is 35.7 Å². The second-order valence-electron chi connectivity index (χ2n) is 6.24. The molecule has 1 aliphatic rings. The largest absolute Gasteiger partial charge is 0.356 e. The van der Waals surface area contributed by atoms with Crippen LogP contribution in [-0.4, -0.2) is 46.7 Å². The van der Waals surface area contributed by atoms with Gasteiger partial charge in [0, 0.05) is 43.8 Å². The van der Waals surface area contributed by atoms with E-state index in [1.165, 1.54) is 25.7 Å². The van der Waals surface area contributed by atoms with Gasteiger partial charge in [0.2, 0.25) is 0 Å². The zero-order valence-corrected chi connectivity index (χ0v) is 18.3. The summed E-state index contributed by atoms with van der Waals surface area (Å²) in [5, 5.41) is 7.85. The van der Waals surface area contributed by atoms with E-state index in [2.05, 4.69) is 44.6 Å². The second-order valence-corrected chi connectivity index (χ2v) is 7.38. The molecule has 1 aromatic heterocycles. The summed E-state index contributed by atoms with van der Waals surface area (Å²) in [6.45, 7) is 4.06. The van der Waals surface area contributed by atoms with Gasteiger partial charge >= 0.3 is 0 Å². The highest BCUT2D eigenvalue weighted by Gasteiger charge is 2.21. The Balaban J connectivity index is 0.00000288. The van der Waals surface area contributed by atoms with Crippen LogP contribution in [0.1, 0.15) is 44.3 Å². The van der Waals surface area contributed by atoms with Crippen molar-refractivity contribution < 1.29 is 0 Å². The molecule has 1 heterocycles. The molecule has 5 nitrogen and oxygen atoms in total. The summed E-state index contributed by atoms with van der Waals surface area (Å²) in [7, 11) is 1.86. The molecule has 24 heavy (non-hydrogen) atoms. The SMILES string of the molecule is CN=C(NCCCCn1ccnc1C)NC1CCCC(SC)C1.I. The highest BCUT2D eigenvalue weighted by molar-refractivity contribution is 14.0. The van der Waals surface area contributed by atoms with E-state index in [-0.39, 0.29) is 24.0 Å². The number of halogens is 1. The first-order valence-corrected chi connectivity index (χ1v) is 9.99. The van der Waals surface area contributed by atoms with Gasteiger partial charge in [-0.1, -0.05) is 6.42 Å². The second kappa shape index (κ2) is 12.0. The summed E-state index contributed by atoms with van der Waals surface area (Å²) >= 11 is 2.00. The quantitative estimate of drug-likeness (QED) is 0.281. The molecule has 2 unspecified atom stereocenters. The summed E-state index contributed by atoms with van der Waals surface area (Å²) < 4.78 is 2.21. The van der Waals surface area contributed by atoms with Crippen molar-refractivity contribution in [1.29, 1.82) is 0 Å². The third-order valence-corrected chi connectivity index (χ3v) is 5.66. The number of guanidine groups is 1. The van der Waals surface area contributed by atoms with Gasteiger partial charge in [0.1, 0.15) is 5.82 Å². The molecular weight excluding hydrogens is 433 g/mol. The van der Waals surface area contributed by atoms with Crippen molar-refractivity contribution in [3.63, 3.8) is 0 Å². The van der Waals surface area contributed by atoms with Crippen molar-refractivity contribution in [3.05, 3.63) is 18.2 Å². The molecule has 0 aliphatic heterocycles. The molecule has 2 rings (SSSR count). The lowest BCUT2D eigenvalue weighted by atomic mass is 9.95. The molecule has 0 aromatic carbocycles. The first-order chi connectivity index (χ1) is 11.2. The number of hydrogen-bond donors (Lipinski definition) is 2. The highest BCUT2D eigenvalue weighted by Crippen LogP contribution is 2.26. The fraction of sp³-hybridized carbons (Fsp3) is 0.765. The van der Waals surface area contributed by atoms with Gasteiger partial charge in [0.05, 0.1) is 0 Å². The van der Waals surface area contributed by atoms with Gasteiger partial charge in [-0.25, -0.2) is 4.98 Å². The number of hydrogen-bond acceptors (Lipinski definition) is 3. The minimum absolute atomic E-state index is 0. The Morgan fingerprint density at radius 3 is 2.92 bits per heavy atom. The van der Waals surface area contributed by atoms with Gasteiger partial charge < -0.3 is 15.2 Å². The standard InChI is InChI=1S/C17H31N5S.HI/c1-14-19-10-12-22(14)11-5-4-9-20-17(18-2)21-15-7-6-8-16(13-15)23-3;/h10,12,15-16H,4-9,11,13H2,1-3H3,(H2,18,20,21);1H. The minimum atomic E-state index is 0. The Hall–Kier alpha value is -0.440. The molecule has 0 saturated heterocycles. The Kier molecular flexibility index (Phi) is 10.8. The molecule has 1 fully saturated rings. The summed E-state index contributed by atoms with van der Waals surface area (Å²) in [5.41, 5.74) is 0. The van der Waals surface area contributed by atoms with Crippen LogP contribution in [-0.2, 0) is 6.54 Å². The van der Waals surface area contributed by atoms with E-state index >= 15 is 0 Å². The molecule has 0 bridgehead atoms. The Labute approximate surface area is 167 Å². The molecule has 1 saturated carbocycles. The zero-order chi connectivity index (χ0) is 16.5. The highest BCUT2D eigenvalue weighted by atomic mass is 127. The van der Waals surface area contributed by atoms with Gasteiger partial charge in [-0.15, -0.1) is 24.0 Å². The number of unbranched alkanes of at least 4 members (excludes halogenated alkanes) is 1. The van der Waals surface area contributed by atoms with Crippen LogP contribution in [0.5, 0.6) is 0 Å². The van der Waals surface area contributed by atoms with Crippen molar-refractivity contribution in [2.75, 3.05) is 19.8 Å². The number of rotatable bonds is 7. The third kappa shape index (κ3) is 7.21. The predicted molar refractivity (Wildman–Crippen MR) is 116 cm³/mol. The van der Waals surface area contributed by atoms with Gasteiger partial charge in [-0.3, -0.25) is 4.99 Å². The lowest BCUT2D eigenvalue weighted by Gasteiger charge is -2.29. The maximum Gasteiger partial charge on any atom is 0.191 e. The van der Waals surface area contributed by atoms with Crippen molar-refractivity contribution in [3.8, 4) is 0 Å². The number of aromatic nitrogens is 2. The molecule has 138 valence electrons. The van der Waals surface area contributed by atoms with Crippen molar-refractivity contribution >= 4 is 41.7 Å². The Bertz CT molecular complexity index is 491. The first kappa shape index (κ1) is 21.6. The molecule has 0 amide bonds. The number of nitrogens with zero attached hydrogens (tertiary/aromatic N) is 3. The smallest absolute Gasteiger partial charge is 0.191 e. The molecule has 1 aliphatic carbocycles. The number of aryl methyl sites for hydroxylation is 2. The molecular formula is C17H32IN5S. The van der Waals surface area contributed by atoms with Crippen LogP contribution in [0.3, 0.4) is 0 Å². The molecule has 2 N–H and O–H groups in total. The predicted octanol–water partition coefficient (Wildman–Crippen LogP) is 3.43. The Morgan fingerprint density at radius 1 is 1.42 bits per heavy atom. The number of aliphatic imine (C=N–C) groups is 1. The van der Waals surface area contributed by atoms with Crippen LogP contribution in [0.15, 0.2) is 17.4 Å². The maximum absolute atomic E-state index is 4.37. The van der Waals surface area contributed by atoms with Crippen molar-refractivity contribution in [1.82, 2.24) is 20.2 Å². The minimum Gasteiger partial charge on any atom is -0.356 e. The monoisotopic (exact) mass is 465 g/mol. The van der Waals surface area contributed by atoms with E-state index in [1.807, 2.05) is 25.0 Å². The normalized spacial score (nSPS) is 21.2. The topological polar surface area (TPSA) is 54.2 Å². The summed E-state index contributed by atoms with van der Waals surface area (Å²) in [6, 6.07) is 0.570.